The van der Waals surface area contributed by atoms with Crippen LogP contribution in [0.4, 0.5) is 0 Å². The summed E-state index contributed by atoms with van der Waals surface area (Å²) in [6, 6.07) is 6.11. The van der Waals surface area contributed by atoms with Crippen LogP contribution in [0.15, 0.2) is 24.3 Å². The van der Waals surface area contributed by atoms with Crippen LogP contribution in [0.3, 0.4) is 0 Å². The van der Waals surface area contributed by atoms with Crippen molar-refractivity contribution in [2.75, 3.05) is 7.05 Å². The molecule has 1 aromatic carbocycles. The largest absolute Gasteiger partial charge is 0.481 e. The van der Waals surface area contributed by atoms with Crippen molar-refractivity contribution in [3.63, 3.8) is 0 Å². The summed E-state index contributed by atoms with van der Waals surface area (Å²) in [5.41, 5.74) is 2.01. The standard InChI is InChI=1S/C15H20N2O4/c1-10-4-3-5-11(6-10)7-12(9-18)17-15(21)13(16-2)8-14(19)20/h3-6,9,12-13,16H,7-8H2,1-2H3,(H,17,21)(H,19,20). The molecule has 1 rings (SSSR count). The molecular weight excluding hydrogens is 272 g/mol. The van der Waals surface area contributed by atoms with E-state index in [0.717, 1.165) is 11.1 Å². The van der Waals surface area contributed by atoms with Crippen LogP contribution < -0.4 is 10.6 Å². The Morgan fingerprint density at radius 2 is 2.10 bits per heavy atom. The van der Waals surface area contributed by atoms with Crippen molar-refractivity contribution in [2.45, 2.75) is 31.8 Å². The third kappa shape index (κ3) is 5.74. The minimum absolute atomic E-state index is 0.335. The highest BCUT2D eigenvalue weighted by Crippen LogP contribution is 2.06. The fraction of sp³-hybridized carbons (Fsp3) is 0.400. The summed E-state index contributed by atoms with van der Waals surface area (Å²) in [6.07, 6.45) is 0.701. The summed E-state index contributed by atoms with van der Waals surface area (Å²) < 4.78 is 0. The Labute approximate surface area is 123 Å². The van der Waals surface area contributed by atoms with E-state index in [-0.39, 0.29) is 6.42 Å². The maximum Gasteiger partial charge on any atom is 0.305 e. The second-order valence-electron chi connectivity index (χ2n) is 4.88. The lowest BCUT2D eigenvalue weighted by Crippen LogP contribution is -2.48. The van der Waals surface area contributed by atoms with Gasteiger partial charge in [-0.1, -0.05) is 29.8 Å². The van der Waals surface area contributed by atoms with Crippen LogP contribution in [0.2, 0.25) is 0 Å². The Morgan fingerprint density at radius 3 is 2.62 bits per heavy atom. The number of aryl methyl sites for hydroxylation is 1. The topological polar surface area (TPSA) is 95.5 Å². The molecule has 0 spiro atoms. The summed E-state index contributed by atoms with van der Waals surface area (Å²) in [6.45, 7) is 1.95. The van der Waals surface area contributed by atoms with Crippen LogP contribution in [-0.4, -0.2) is 42.4 Å². The summed E-state index contributed by atoms with van der Waals surface area (Å²) in [5.74, 6) is -1.57. The van der Waals surface area contributed by atoms with Crippen molar-refractivity contribution in [1.82, 2.24) is 10.6 Å². The first-order valence-electron chi connectivity index (χ1n) is 6.66. The number of likely N-dealkylation sites (N-methyl/N-ethyl adjacent to an activating group) is 1. The van der Waals surface area contributed by atoms with E-state index in [1.54, 1.807) is 0 Å². The Hall–Kier alpha value is -2.21. The molecule has 1 amide bonds. The molecule has 0 aromatic heterocycles. The van der Waals surface area contributed by atoms with E-state index in [4.69, 9.17) is 5.11 Å². The molecule has 0 heterocycles. The number of carbonyl (C=O) groups excluding carboxylic acids is 2. The van der Waals surface area contributed by atoms with Crippen LogP contribution in [0, 0.1) is 6.92 Å². The zero-order chi connectivity index (χ0) is 15.8. The maximum absolute atomic E-state index is 11.9. The highest BCUT2D eigenvalue weighted by atomic mass is 16.4. The lowest BCUT2D eigenvalue weighted by molar-refractivity contribution is -0.140. The third-order valence-corrected chi connectivity index (χ3v) is 3.07. The molecular formula is C15H20N2O4. The quantitative estimate of drug-likeness (QED) is 0.598. The molecule has 0 saturated heterocycles. The van der Waals surface area contributed by atoms with Gasteiger partial charge >= 0.3 is 5.97 Å². The molecule has 0 aliphatic carbocycles. The number of carboxylic acid groups (broad SMARTS) is 1. The molecule has 0 saturated carbocycles. The number of nitrogens with one attached hydrogen (secondary N) is 2. The lowest BCUT2D eigenvalue weighted by atomic mass is 10.0. The van der Waals surface area contributed by atoms with Crippen LogP contribution in [-0.2, 0) is 20.8 Å². The monoisotopic (exact) mass is 292 g/mol. The number of carboxylic acids is 1. The second kappa shape index (κ2) is 8.16. The van der Waals surface area contributed by atoms with Crippen LogP contribution in [0.5, 0.6) is 0 Å². The van der Waals surface area contributed by atoms with Crippen molar-refractivity contribution in [3.8, 4) is 0 Å². The third-order valence-electron chi connectivity index (χ3n) is 3.07. The fourth-order valence-corrected chi connectivity index (χ4v) is 2.01. The predicted octanol–water partition coefficient (Wildman–Crippen LogP) is 0.284. The van der Waals surface area contributed by atoms with Crippen molar-refractivity contribution in [2.24, 2.45) is 0 Å². The van der Waals surface area contributed by atoms with E-state index in [0.29, 0.717) is 12.7 Å². The van der Waals surface area contributed by atoms with E-state index in [9.17, 15) is 14.4 Å². The second-order valence-corrected chi connectivity index (χ2v) is 4.88. The first-order valence-corrected chi connectivity index (χ1v) is 6.66. The molecule has 0 bridgehead atoms. The number of aldehydes is 1. The van der Waals surface area contributed by atoms with E-state index in [2.05, 4.69) is 10.6 Å². The zero-order valence-corrected chi connectivity index (χ0v) is 12.1. The minimum atomic E-state index is -1.08. The zero-order valence-electron chi connectivity index (χ0n) is 12.1. The first kappa shape index (κ1) is 16.8. The maximum atomic E-state index is 11.9. The highest BCUT2D eigenvalue weighted by Gasteiger charge is 2.22. The Morgan fingerprint density at radius 1 is 1.38 bits per heavy atom. The molecule has 2 unspecified atom stereocenters. The van der Waals surface area contributed by atoms with Crippen molar-refractivity contribution < 1.29 is 19.5 Å². The Balaban J connectivity index is 2.66. The molecule has 0 aliphatic rings. The molecule has 21 heavy (non-hydrogen) atoms. The summed E-state index contributed by atoms with van der Waals surface area (Å²) in [4.78, 5) is 33.7. The van der Waals surface area contributed by atoms with Gasteiger partial charge in [0, 0.05) is 0 Å². The summed E-state index contributed by atoms with van der Waals surface area (Å²) in [7, 11) is 1.50. The van der Waals surface area contributed by atoms with Gasteiger partial charge in [-0.2, -0.15) is 0 Å². The van der Waals surface area contributed by atoms with Crippen molar-refractivity contribution >= 4 is 18.2 Å². The number of hydrogen-bond acceptors (Lipinski definition) is 4. The average molecular weight is 292 g/mol. The molecule has 6 nitrogen and oxygen atoms in total. The molecule has 0 fully saturated rings. The fourth-order valence-electron chi connectivity index (χ4n) is 2.01. The molecule has 1 aromatic rings. The molecule has 3 N–H and O–H groups in total. The van der Waals surface area contributed by atoms with Crippen molar-refractivity contribution in [1.29, 1.82) is 0 Å². The summed E-state index contributed by atoms with van der Waals surface area (Å²) >= 11 is 0. The van der Waals surface area contributed by atoms with Gasteiger partial charge in [0.1, 0.15) is 6.29 Å². The number of aliphatic carboxylic acids is 1. The number of rotatable bonds is 8. The molecule has 0 aliphatic heterocycles. The molecule has 6 heteroatoms. The number of carbonyl (C=O) groups is 3. The normalized spacial score (nSPS) is 13.2. The smallest absolute Gasteiger partial charge is 0.305 e. The van der Waals surface area contributed by atoms with Crippen LogP contribution >= 0.6 is 0 Å². The van der Waals surface area contributed by atoms with Gasteiger partial charge < -0.3 is 20.5 Å². The van der Waals surface area contributed by atoms with Gasteiger partial charge in [0.05, 0.1) is 18.5 Å². The Kier molecular flexibility index (Phi) is 6.55. The summed E-state index contributed by atoms with van der Waals surface area (Å²) in [5, 5.41) is 13.9. The van der Waals surface area contributed by atoms with E-state index in [1.807, 2.05) is 31.2 Å². The van der Waals surface area contributed by atoms with E-state index >= 15 is 0 Å². The van der Waals surface area contributed by atoms with Crippen LogP contribution in [0.1, 0.15) is 17.5 Å². The number of hydrogen-bond donors (Lipinski definition) is 3. The van der Waals surface area contributed by atoms with Gasteiger partial charge in [0.2, 0.25) is 5.91 Å². The lowest BCUT2D eigenvalue weighted by Gasteiger charge is -2.18. The van der Waals surface area contributed by atoms with Gasteiger partial charge in [-0.05, 0) is 26.0 Å². The average Bonchev–Trinajstić information content (AvgIpc) is 2.43. The van der Waals surface area contributed by atoms with Crippen LogP contribution in [0.25, 0.3) is 0 Å². The van der Waals surface area contributed by atoms with Gasteiger partial charge in [-0.3, -0.25) is 9.59 Å². The molecule has 114 valence electrons. The van der Waals surface area contributed by atoms with E-state index in [1.165, 1.54) is 7.05 Å². The van der Waals surface area contributed by atoms with Crippen molar-refractivity contribution in [3.05, 3.63) is 35.4 Å². The van der Waals surface area contributed by atoms with E-state index < -0.39 is 24.0 Å². The predicted molar refractivity (Wildman–Crippen MR) is 78.0 cm³/mol. The Bertz CT molecular complexity index is 516. The highest BCUT2D eigenvalue weighted by molar-refractivity contribution is 5.88. The first-order chi connectivity index (χ1) is 9.96. The number of amides is 1. The number of benzene rings is 1. The molecule has 2 atom stereocenters. The van der Waals surface area contributed by atoms with Gasteiger partial charge in [0.15, 0.2) is 0 Å². The minimum Gasteiger partial charge on any atom is -0.481 e. The van der Waals surface area contributed by atoms with Gasteiger partial charge in [-0.15, -0.1) is 0 Å². The van der Waals surface area contributed by atoms with Gasteiger partial charge in [0.25, 0.3) is 0 Å². The molecule has 0 radical (unpaired) electrons. The SMILES string of the molecule is CNC(CC(=O)O)C(=O)NC(C=O)Cc1cccc(C)c1. The van der Waals surface area contributed by atoms with Gasteiger partial charge in [-0.25, -0.2) is 0 Å².